The van der Waals surface area contributed by atoms with Crippen molar-refractivity contribution in [2.75, 3.05) is 7.05 Å². The van der Waals surface area contributed by atoms with E-state index < -0.39 is 0 Å². The average Bonchev–Trinajstić information content (AvgIpc) is 2.62. The van der Waals surface area contributed by atoms with Crippen LogP contribution in [-0.2, 0) is 6.42 Å². The smallest absolute Gasteiger partial charge is 0.0373 e. The van der Waals surface area contributed by atoms with Crippen LogP contribution in [0.5, 0.6) is 0 Å². The SMILES string of the molecule is CNC(Cc1ccc(-c2ccncc2)cc1)c1cccnc1. The zero-order chi connectivity index (χ0) is 15.2. The van der Waals surface area contributed by atoms with E-state index in [-0.39, 0.29) is 6.04 Å². The molecule has 0 aliphatic carbocycles. The predicted molar refractivity (Wildman–Crippen MR) is 89.4 cm³/mol. The maximum Gasteiger partial charge on any atom is 0.0373 e. The van der Waals surface area contributed by atoms with Gasteiger partial charge >= 0.3 is 0 Å². The van der Waals surface area contributed by atoms with Gasteiger partial charge in [-0.25, -0.2) is 0 Å². The van der Waals surface area contributed by atoms with Crippen molar-refractivity contribution in [3.63, 3.8) is 0 Å². The lowest BCUT2D eigenvalue weighted by atomic mass is 9.98. The fourth-order valence-corrected chi connectivity index (χ4v) is 2.58. The highest BCUT2D eigenvalue weighted by atomic mass is 14.9. The molecule has 22 heavy (non-hydrogen) atoms. The first-order valence-electron chi connectivity index (χ1n) is 7.43. The van der Waals surface area contributed by atoms with E-state index in [1.807, 2.05) is 43.8 Å². The molecule has 2 heterocycles. The zero-order valence-corrected chi connectivity index (χ0v) is 12.6. The predicted octanol–water partition coefficient (Wildman–Crippen LogP) is 3.65. The monoisotopic (exact) mass is 289 g/mol. The fourth-order valence-electron chi connectivity index (χ4n) is 2.58. The van der Waals surface area contributed by atoms with Crippen LogP contribution in [0.2, 0.25) is 0 Å². The van der Waals surface area contributed by atoms with E-state index in [0.29, 0.717) is 0 Å². The molecule has 0 bridgehead atoms. The molecule has 3 aromatic rings. The lowest BCUT2D eigenvalue weighted by Crippen LogP contribution is -2.18. The molecule has 2 aromatic heterocycles. The molecule has 3 heteroatoms. The summed E-state index contributed by atoms with van der Waals surface area (Å²) in [6, 6.07) is 17.1. The number of aromatic nitrogens is 2. The van der Waals surface area contributed by atoms with Gasteiger partial charge in [0.05, 0.1) is 0 Å². The Morgan fingerprint density at radius 3 is 2.23 bits per heavy atom. The van der Waals surface area contributed by atoms with Gasteiger partial charge in [0.15, 0.2) is 0 Å². The molecule has 3 rings (SSSR count). The molecule has 0 saturated carbocycles. The van der Waals surface area contributed by atoms with Crippen LogP contribution in [0.25, 0.3) is 11.1 Å². The molecule has 0 radical (unpaired) electrons. The summed E-state index contributed by atoms with van der Waals surface area (Å²) >= 11 is 0. The summed E-state index contributed by atoms with van der Waals surface area (Å²) in [5.74, 6) is 0. The van der Waals surface area contributed by atoms with Gasteiger partial charge < -0.3 is 5.32 Å². The van der Waals surface area contributed by atoms with Gasteiger partial charge in [-0.15, -0.1) is 0 Å². The Hall–Kier alpha value is -2.52. The van der Waals surface area contributed by atoms with Gasteiger partial charge in [0.2, 0.25) is 0 Å². The Bertz CT molecular complexity index is 694. The summed E-state index contributed by atoms with van der Waals surface area (Å²) in [5, 5.41) is 3.36. The maximum absolute atomic E-state index is 4.20. The first kappa shape index (κ1) is 14.4. The third-order valence-electron chi connectivity index (χ3n) is 3.84. The van der Waals surface area contributed by atoms with Crippen LogP contribution in [0.3, 0.4) is 0 Å². The summed E-state index contributed by atoms with van der Waals surface area (Å²) in [6.45, 7) is 0. The van der Waals surface area contributed by atoms with Crippen LogP contribution in [-0.4, -0.2) is 17.0 Å². The molecule has 0 fully saturated rings. The van der Waals surface area contributed by atoms with Gasteiger partial charge in [0.1, 0.15) is 0 Å². The maximum atomic E-state index is 4.20. The lowest BCUT2D eigenvalue weighted by Gasteiger charge is -2.16. The minimum absolute atomic E-state index is 0.278. The number of rotatable bonds is 5. The first-order valence-corrected chi connectivity index (χ1v) is 7.43. The normalized spacial score (nSPS) is 12.0. The van der Waals surface area contributed by atoms with E-state index in [1.54, 1.807) is 6.20 Å². The number of hydrogen-bond donors (Lipinski definition) is 1. The summed E-state index contributed by atoms with van der Waals surface area (Å²) < 4.78 is 0. The van der Waals surface area contributed by atoms with Crippen molar-refractivity contribution in [1.82, 2.24) is 15.3 Å². The van der Waals surface area contributed by atoms with Crippen molar-refractivity contribution in [3.8, 4) is 11.1 Å². The highest BCUT2D eigenvalue weighted by Gasteiger charge is 2.10. The van der Waals surface area contributed by atoms with Gasteiger partial charge in [-0.3, -0.25) is 9.97 Å². The van der Waals surface area contributed by atoms with Crippen LogP contribution < -0.4 is 5.32 Å². The summed E-state index contributed by atoms with van der Waals surface area (Å²) in [5.41, 5.74) is 4.93. The number of nitrogens with zero attached hydrogens (tertiary/aromatic N) is 2. The average molecular weight is 289 g/mol. The molecule has 3 nitrogen and oxygen atoms in total. The quantitative estimate of drug-likeness (QED) is 0.779. The van der Waals surface area contributed by atoms with Crippen molar-refractivity contribution < 1.29 is 0 Å². The minimum atomic E-state index is 0.278. The molecule has 1 unspecified atom stereocenters. The lowest BCUT2D eigenvalue weighted by molar-refractivity contribution is 0.590. The van der Waals surface area contributed by atoms with E-state index in [1.165, 1.54) is 22.3 Å². The molecule has 1 aromatic carbocycles. The number of pyridine rings is 2. The topological polar surface area (TPSA) is 37.8 Å². The Morgan fingerprint density at radius 1 is 0.864 bits per heavy atom. The van der Waals surface area contributed by atoms with Crippen molar-refractivity contribution in [2.24, 2.45) is 0 Å². The van der Waals surface area contributed by atoms with E-state index in [0.717, 1.165) is 6.42 Å². The minimum Gasteiger partial charge on any atom is -0.313 e. The van der Waals surface area contributed by atoms with Crippen LogP contribution in [0.4, 0.5) is 0 Å². The Kier molecular flexibility index (Phi) is 4.56. The van der Waals surface area contributed by atoms with Gasteiger partial charge in [-0.05, 0) is 53.9 Å². The number of likely N-dealkylation sites (N-methyl/N-ethyl adjacent to an activating group) is 1. The largest absolute Gasteiger partial charge is 0.313 e. The Balaban J connectivity index is 1.76. The molecule has 0 aliphatic heterocycles. The zero-order valence-electron chi connectivity index (χ0n) is 12.6. The van der Waals surface area contributed by atoms with Gasteiger partial charge in [0, 0.05) is 30.8 Å². The van der Waals surface area contributed by atoms with Crippen LogP contribution in [0.1, 0.15) is 17.2 Å². The van der Waals surface area contributed by atoms with E-state index >= 15 is 0 Å². The molecule has 0 saturated heterocycles. The standard InChI is InChI=1S/C19H19N3/c1-20-19(18-3-2-10-22-14-18)13-15-4-6-16(7-5-15)17-8-11-21-12-9-17/h2-12,14,19-20H,13H2,1H3. The molecule has 1 N–H and O–H groups in total. The fraction of sp³-hybridized carbons (Fsp3) is 0.158. The molecule has 0 spiro atoms. The number of hydrogen-bond acceptors (Lipinski definition) is 3. The second-order valence-corrected chi connectivity index (χ2v) is 5.26. The second kappa shape index (κ2) is 6.96. The van der Waals surface area contributed by atoms with Crippen molar-refractivity contribution in [1.29, 1.82) is 0 Å². The Labute approximate surface area is 131 Å². The molecule has 0 aliphatic rings. The highest BCUT2D eigenvalue weighted by Crippen LogP contribution is 2.22. The third-order valence-corrected chi connectivity index (χ3v) is 3.84. The van der Waals surface area contributed by atoms with Gasteiger partial charge in [-0.1, -0.05) is 30.3 Å². The second-order valence-electron chi connectivity index (χ2n) is 5.26. The van der Waals surface area contributed by atoms with Crippen molar-refractivity contribution >= 4 is 0 Å². The van der Waals surface area contributed by atoms with Crippen LogP contribution in [0.15, 0.2) is 73.3 Å². The van der Waals surface area contributed by atoms with E-state index in [2.05, 4.69) is 45.6 Å². The van der Waals surface area contributed by atoms with E-state index in [9.17, 15) is 0 Å². The summed E-state index contributed by atoms with van der Waals surface area (Å²) in [4.78, 5) is 8.26. The Morgan fingerprint density at radius 2 is 1.59 bits per heavy atom. The number of nitrogens with one attached hydrogen (secondary N) is 1. The molecular formula is C19H19N3. The summed E-state index contributed by atoms with van der Waals surface area (Å²) in [6.07, 6.45) is 8.32. The van der Waals surface area contributed by atoms with Gasteiger partial charge in [-0.2, -0.15) is 0 Å². The molecule has 110 valence electrons. The molecular weight excluding hydrogens is 270 g/mol. The van der Waals surface area contributed by atoms with Crippen molar-refractivity contribution in [3.05, 3.63) is 84.4 Å². The molecule has 0 amide bonds. The summed E-state index contributed by atoms with van der Waals surface area (Å²) in [7, 11) is 1.99. The molecule has 1 atom stereocenters. The number of benzene rings is 1. The van der Waals surface area contributed by atoms with E-state index in [4.69, 9.17) is 0 Å². The van der Waals surface area contributed by atoms with Crippen molar-refractivity contribution in [2.45, 2.75) is 12.5 Å². The van der Waals surface area contributed by atoms with Gasteiger partial charge in [0.25, 0.3) is 0 Å². The third kappa shape index (κ3) is 3.38. The van der Waals surface area contributed by atoms with Crippen LogP contribution >= 0.6 is 0 Å². The first-order chi connectivity index (χ1) is 10.9. The van der Waals surface area contributed by atoms with Crippen LogP contribution in [0, 0.1) is 0 Å². The highest BCUT2D eigenvalue weighted by molar-refractivity contribution is 5.62.